The Balaban J connectivity index is 1.83. The first-order valence-corrected chi connectivity index (χ1v) is 8.37. The number of rotatable bonds is 8. The van der Waals surface area contributed by atoms with Crippen LogP contribution in [-0.4, -0.2) is 38.7 Å². The lowest BCUT2D eigenvalue weighted by Crippen LogP contribution is -2.32. The Morgan fingerprint density at radius 3 is 2.64 bits per heavy atom. The summed E-state index contributed by atoms with van der Waals surface area (Å²) in [5, 5.41) is 5.04. The normalized spacial score (nSPS) is 10.4. The predicted molar refractivity (Wildman–Crippen MR) is 93.8 cm³/mol. The minimum absolute atomic E-state index is 0.0800. The summed E-state index contributed by atoms with van der Waals surface area (Å²) in [7, 11) is 1.52. The SMILES string of the molecule is COCCOc1ccc(NC(=O)CNC(=O)c2ccc(C)s2)cc1F. The molecule has 8 heteroatoms. The van der Waals surface area contributed by atoms with Crippen molar-refractivity contribution in [2.24, 2.45) is 0 Å². The Labute approximate surface area is 148 Å². The van der Waals surface area contributed by atoms with E-state index in [1.54, 1.807) is 6.07 Å². The number of anilines is 1. The molecule has 1 aromatic heterocycles. The molecule has 2 aromatic rings. The molecular formula is C17H19FN2O4S. The number of methoxy groups -OCH3 is 1. The van der Waals surface area contributed by atoms with Gasteiger partial charge in [-0.05, 0) is 31.2 Å². The summed E-state index contributed by atoms with van der Waals surface area (Å²) in [5.74, 6) is -1.28. The van der Waals surface area contributed by atoms with Crippen molar-refractivity contribution in [3.05, 3.63) is 45.9 Å². The molecule has 1 aromatic carbocycles. The maximum atomic E-state index is 13.9. The molecule has 0 aliphatic rings. The first-order chi connectivity index (χ1) is 12.0. The molecule has 6 nitrogen and oxygen atoms in total. The number of nitrogens with one attached hydrogen (secondary N) is 2. The molecule has 0 saturated carbocycles. The number of amides is 2. The second-order valence-corrected chi connectivity index (χ2v) is 6.42. The Kier molecular flexibility index (Phi) is 6.91. The van der Waals surface area contributed by atoms with Crippen LogP contribution in [-0.2, 0) is 9.53 Å². The lowest BCUT2D eigenvalue weighted by Gasteiger charge is -2.10. The van der Waals surface area contributed by atoms with E-state index in [9.17, 15) is 14.0 Å². The van der Waals surface area contributed by atoms with Gasteiger partial charge in [0.05, 0.1) is 18.0 Å². The Morgan fingerprint density at radius 2 is 2.00 bits per heavy atom. The van der Waals surface area contributed by atoms with E-state index >= 15 is 0 Å². The molecule has 0 aliphatic carbocycles. The quantitative estimate of drug-likeness (QED) is 0.704. The molecule has 1 heterocycles. The van der Waals surface area contributed by atoms with E-state index in [1.807, 2.05) is 13.0 Å². The van der Waals surface area contributed by atoms with Crippen LogP contribution in [0.2, 0.25) is 0 Å². The Bertz CT molecular complexity index is 748. The van der Waals surface area contributed by atoms with E-state index in [0.29, 0.717) is 11.5 Å². The van der Waals surface area contributed by atoms with Gasteiger partial charge in [-0.2, -0.15) is 0 Å². The fourth-order valence-electron chi connectivity index (χ4n) is 1.94. The largest absolute Gasteiger partial charge is 0.488 e. The highest BCUT2D eigenvalue weighted by Gasteiger charge is 2.11. The molecule has 134 valence electrons. The highest BCUT2D eigenvalue weighted by Crippen LogP contribution is 2.21. The van der Waals surface area contributed by atoms with Crippen molar-refractivity contribution in [2.45, 2.75) is 6.92 Å². The van der Waals surface area contributed by atoms with Crippen LogP contribution in [0.3, 0.4) is 0 Å². The minimum atomic E-state index is -0.591. The van der Waals surface area contributed by atoms with Crippen molar-refractivity contribution in [3.8, 4) is 5.75 Å². The molecule has 2 amide bonds. The highest BCUT2D eigenvalue weighted by atomic mass is 32.1. The van der Waals surface area contributed by atoms with Crippen LogP contribution in [0.4, 0.5) is 10.1 Å². The van der Waals surface area contributed by atoms with Gasteiger partial charge in [-0.25, -0.2) is 4.39 Å². The number of hydrogen-bond acceptors (Lipinski definition) is 5. The van der Waals surface area contributed by atoms with Gasteiger partial charge in [0.2, 0.25) is 5.91 Å². The number of halogens is 1. The highest BCUT2D eigenvalue weighted by molar-refractivity contribution is 7.13. The number of carbonyl (C=O) groups is 2. The summed E-state index contributed by atoms with van der Waals surface area (Å²) >= 11 is 1.35. The smallest absolute Gasteiger partial charge is 0.261 e. The van der Waals surface area contributed by atoms with Crippen molar-refractivity contribution >= 4 is 28.8 Å². The first-order valence-electron chi connectivity index (χ1n) is 7.55. The average Bonchev–Trinajstić information content (AvgIpc) is 3.01. The molecule has 2 rings (SSSR count). The topological polar surface area (TPSA) is 76.7 Å². The van der Waals surface area contributed by atoms with Crippen LogP contribution in [0.5, 0.6) is 5.75 Å². The zero-order valence-electron chi connectivity index (χ0n) is 13.9. The number of benzene rings is 1. The van der Waals surface area contributed by atoms with E-state index in [1.165, 1.54) is 30.6 Å². The number of carbonyl (C=O) groups excluding carboxylic acids is 2. The summed E-state index contributed by atoms with van der Waals surface area (Å²) in [6.45, 7) is 2.27. The monoisotopic (exact) mass is 366 g/mol. The van der Waals surface area contributed by atoms with Crippen molar-refractivity contribution in [1.29, 1.82) is 0 Å². The van der Waals surface area contributed by atoms with Crippen molar-refractivity contribution < 1.29 is 23.5 Å². The number of thiophene rings is 1. The summed E-state index contributed by atoms with van der Waals surface area (Å²) in [5.41, 5.74) is 0.280. The third kappa shape index (κ3) is 5.84. The van der Waals surface area contributed by atoms with Crippen LogP contribution < -0.4 is 15.4 Å². The lowest BCUT2D eigenvalue weighted by atomic mass is 10.3. The molecule has 0 spiro atoms. The van der Waals surface area contributed by atoms with Crippen LogP contribution in [0, 0.1) is 12.7 Å². The molecule has 0 bridgehead atoms. The molecule has 0 atom stereocenters. The van der Waals surface area contributed by atoms with Crippen LogP contribution in [0.15, 0.2) is 30.3 Å². The van der Waals surface area contributed by atoms with Crippen molar-refractivity contribution in [1.82, 2.24) is 5.32 Å². The molecule has 0 unspecified atom stereocenters. The summed E-state index contributed by atoms with van der Waals surface area (Å²) in [6.07, 6.45) is 0. The molecular weight excluding hydrogens is 347 g/mol. The fraction of sp³-hybridized carbons (Fsp3) is 0.294. The average molecular weight is 366 g/mol. The van der Waals surface area contributed by atoms with Crippen LogP contribution in [0.25, 0.3) is 0 Å². The summed E-state index contributed by atoms with van der Waals surface area (Å²) in [6, 6.07) is 7.63. The number of ether oxygens (including phenoxy) is 2. The first kappa shape index (κ1) is 18.9. The van der Waals surface area contributed by atoms with Gasteiger partial charge in [-0.1, -0.05) is 0 Å². The Hall–Kier alpha value is -2.45. The van der Waals surface area contributed by atoms with Gasteiger partial charge in [-0.15, -0.1) is 11.3 Å². The molecule has 0 saturated heterocycles. The van der Waals surface area contributed by atoms with Gasteiger partial charge < -0.3 is 20.1 Å². The number of aryl methyl sites for hydroxylation is 1. The molecule has 0 fully saturated rings. The Morgan fingerprint density at radius 1 is 1.20 bits per heavy atom. The van der Waals surface area contributed by atoms with E-state index < -0.39 is 11.7 Å². The summed E-state index contributed by atoms with van der Waals surface area (Å²) in [4.78, 5) is 25.3. The van der Waals surface area contributed by atoms with E-state index in [0.717, 1.165) is 10.9 Å². The fourth-order valence-corrected chi connectivity index (χ4v) is 2.72. The maximum absolute atomic E-state index is 13.9. The maximum Gasteiger partial charge on any atom is 0.261 e. The van der Waals surface area contributed by atoms with E-state index in [2.05, 4.69) is 10.6 Å². The third-order valence-corrected chi connectivity index (χ3v) is 4.13. The van der Waals surface area contributed by atoms with Gasteiger partial charge >= 0.3 is 0 Å². The number of hydrogen-bond donors (Lipinski definition) is 2. The molecule has 2 N–H and O–H groups in total. The van der Waals surface area contributed by atoms with Gasteiger partial charge in [0.15, 0.2) is 11.6 Å². The van der Waals surface area contributed by atoms with Crippen molar-refractivity contribution in [3.63, 3.8) is 0 Å². The van der Waals surface area contributed by atoms with Crippen molar-refractivity contribution in [2.75, 3.05) is 32.2 Å². The summed E-state index contributed by atoms with van der Waals surface area (Å²) < 4.78 is 23.9. The van der Waals surface area contributed by atoms with E-state index in [-0.39, 0.29) is 30.5 Å². The zero-order valence-corrected chi connectivity index (χ0v) is 14.7. The second-order valence-electron chi connectivity index (χ2n) is 5.13. The van der Waals surface area contributed by atoms with E-state index in [4.69, 9.17) is 9.47 Å². The predicted octanol–water partition coefficient (Wildman–Crippen LogP) is 2.59. The van der Waals surface area contributed by atoms with Gasteiger partial charge in [0.25, 0.3) is 5.91 Å². The van der Waals surface area contributed by atoms with Gasteiger partial charge in [0.1, 0.15) is 6.61 Å². The molecule has 25 heavy (non-hydrogen) atoms. The lowest BCUT2D eigenvalue weighted by molar-refractivity contribution is -0.115. The minimum Gasteiger partial charge on any atom is -0.488 e. The van der Waals surface area contributed by atoms with Gasteiger partial charge in [-0.3, -0.25) is 9.59 Å². The zero-order chi connectivity index (χ0) is 18.2. The van der Waals surface area contributed by atoms with Crippen LogP contribution in [0.1, 0.15) is 14.5 Å². The third-order valence-electron chi connectivity index (χ3n) is 3.13. The molecule has 0 radical (unpaired) electrons. The molecule has 0 aliphatic heterocycles. The second kappa shape index (κ2) is 9.14. The standard InChI is InChI=1S/C17H19FN2O4S/c1-11-3-6-15(25-11)17(22)19-10-16(21)20-12-4-5-14(13(18)9-12)24-8-7-23-2/h3-6,9H,7-8,10H2,1-2H3,(H,19,22)(H,20,21). The van der Waals surface area contributed by atoms with Gasteiger partial charge in [0, 0.05) is 23.7 Å². The van der Waals surface area contributed by atoms with Crippen LogP contribution >= 0.6 is 11.3 Å².